The van der Waals surface area contributed by atoms with Crippen molar-refractivity contribution >= 4 is 0 Å². The molecule has 5 heteroatoms. The van der Waals surface area contributed by atoms with Gasteiger partial charge in [-0.15, -0.1) is 10.2 Å². The molecule has 2 rings (SSSR count). The van der Waals surface area contributed by atoms with Gasteiger partial charge in [0.1, 0.15) is 12.2 Å². The molecule has 1 fully saturated rings. The summed E-state index contributed by atoms with van der Waals surface area (Å²) >= 11 is 0. The zero-order valence-electron chi connectivity index (χ0n) is 8.56. The van der Waals surface area contributed by atoms with Crippen molar-refractivity contribution in [2.45, 2.75) is 13.0 Å². The van der Waals surface area contributed by atoms with Crippen LogP contribution >= 0.6 is 0 Å². The van der Waals surface area contributed by atoms with Crippen molar-refractivity contribution in [3.8, 4) is 0 Å². The monoisotopic (exact) mass is 195 g/mol. The quantitative estimate of drug-likeness (QED) is 0.712. The highest BCUT2D eigenvalue weighted by Gasteiger charge is 2.22. The van der Waals surface area contributed by atoms with Gasteiger partial charge >= 0.3 is 0 Å². The molecule has 2 heterocycles. The van der Waals surface area contributed by atoms with Gasteiger partial charge in [0.2, 0.25) is 0 Å². The maximum atomic E-state index is 5.64. The predicted octanol–water partition coefficient (Wildman–Crippen LogP) is -0.404. The molecule has 1 unspecified atom stereocenters. The molecule has 1 aliphatic rings. The Balaban J connectivity index is 1.90. The molecule has 0 radical (unpaired) electrons. The SMILES string of the molecule is Cn1cnnc1CN1CCC(CN)C1. The van der Waals surface area contributed by atoms with E-state index in [-0.39, 0.29) is 0 Å². The average molecular weight is 195 g/mol. The second-order valence-electron chi connectivity index (χ2n) is 3.98. The molecule has 1 aromatic heterocycles. The van der Waals surface area contributed by atoms with E-state index in [1.165, 1.54) is 6.42 Å². The molecule has 0 amide bonds. The summed E-state index contributed by atoms with van der Waals surface area (Å²) in [4.78, 5) is 2.39. The van der Waals surface area contributed by atoms with Gasteiger partial charge in [0.15, 0.2) is 0 Å². The van der Waals surface area contributed by atoms with E-state index in [2.05, 4.69) is 15.1 Å². The lowest BCUT2D eigenvalue weighted by Crippen LogP contribution is -2.24. The minimum atomic E-state index is 0.670. The first-order chi connectivity index (χ1) is 6.79. The largest absolute Gasteiger partial charge is 0.330 e. The number of rotatable bonds is 3. The van der Waals surface area contributed by atoms with Gasteiger partial charge in [-0.25, -0.2) is 0 Å². The van der Waals surface area contributed by atoms with Crippen molar-refractivity contribution < 1.29 is 0 Å². The summed E-state index contributed by atoms with van der Waals surface area (Å²) in [7, 11) is 1.98. The molecule has 0 aromatic carbocycles. The molecule has 2 N–H and O–H groups in total. The summed E-state index contributed by atoms with van der Waals surface area (Å²) in [6, 6.07) is 0. The maximum absolute atomic E-state index is 5.64. The Hall–Kier alpha value is -0.940. The van der Waals surface area contributed by atoms with Gasteiger partial charge < -0.3 is 10.3 Å². The molecule has 78 valence electrons. The summed E-state index contributed by atoms with van der Waals surface area (Å²) in [6.07, 6.45) is 2.96. The number of nitrogens with zero attached hydrogens (tertiary/aromatic N) is 4. The predicted molar refractivity (Wildman–Crippen MR) is 53.4 cm³/mol. The van der Waals surface area contributed by atoms with Crippen LogP contribution in [0.5, 0.6) is 0 Å². The van der Waals surface area contributed by atoms with Crippen LogP contribution in [0.15, 0.2) is 6.33 Å². The lowest BCUT2D eigenvalue weighted by atomic mass is 10.1. The molecule has 1 saturated heterocycles. The van der Waals surface area contributed by atoms with Crippen molar-refractivity contribution in [2.75, 3.05) is 19.6 Å². The van der Waals surface area contributed by atoms with Crippen LogP contribution in [0.3, 0.4) is 0 Å². The van der Waals surface area contributed by atoms with E-state index < -0.39 is 0 Å². The summed E-state index contributed by atoms with van der Waals surface area (Å²) in [5, 5.41) is 7.93. The highest BCUT2D eigenvalue weighted by atomic mass is 15.3. The number of aromatic nitrogens is 3. The first-order valence-electron chi connectivity index (χ1n) is 5.05. The fourth-order valence-corrected chi connectivity index (χ4v) is 1.90. The zero-order valence-corrected chi connectivity index (χ0v) is 8.56. The zero-order chi connectivity index (χ0) is 9.97. The molecule has 14 heavy (non-hydrogen) atoms. The van der Waals surface area contributed by atoms with E-state index in [0.717, 1.165) is 32.0 Å². The number of nitrogens with two attached hydrogens (primary N) is 1. The van der Waals surface area contributed by atoms with E-state index in [4.69, 9.17) is 5.73 Å². The van der Waals surface area contributed by atoms with Crippen LogP contribution in [0.4, 0.5) is 0 Å². The number of likely N-dealkylation sites (tertiary alicyclic amines) is 1. The van der Waals surface area contributed by atoms with Crippen molar-refractivity contribution in [3.63, 3.8) is 0 Å². The lowest BCUT2D eigenvalue weighted by Gasteiger charge is -2.14. The van der Waals surface area contributed by atoms with Gasteiger partial charge in [0.05, 0.1) is 6.54 Å². The van der Waals surface area contributed by atoms with Crippen molar-refractivity contribution in [3.05, 3.63) is 12.2 Å². The topological polar surface area (TPSA) is 60.0 Å². The number of hydrogen-bond acceptors (Lipinski definition) is 4. The average Bonchev–Trinajstić information content (AvgIpc) is 2.77. The van der Waals surface area contributed by atoms with Crippen molar-refractivity contribution in [1.29, 1.82) is 0 Å². The Labute approximate surface area is 83.9 Å². The van der Waals surface area contributed by atoms with E-state index >= 15 is 0 Å². The molecular formula is C9H17N5. The summed E-state index contributed by atoms with van der Waals surface area (Å²) in [6.45, 7) is 3.93. The Morgan fingerprint density at radius 1 is 1.64 bits per heavy atom. The fraction of sp³-hybridized carbons (Fsp3) is 0.778. The van der Waals surface area contributed by atoms with Crippen LogP contribution in [0.25, 0.3) is 0 Å². The standard InChI is InChI=1S/C9H17N5/c1-13-7-11-12-9(13)6-14-3-2-8(4-10)5-14/h7-8H,2-6,10H2,1H3. The van der Waals surface area contributed by atoms with Crippen molar-refractivity contribution in [1.82, 2.24) is 19.7 Å². The van der Waals surface area contributed by atoms with E-state index in [1.54, 1.807) is 6.33 Å². The molecule has 1 aromatic rings. The molecule has 0 aliphatic carbocycles. The maximum Gasteiger partial charge on any atom is 0.146 e. The third kappa shape index (κ3) is 1.93. The van der Waals surface area contributed by atoms with Crippen LogP contribution in [0, 0.1) is 5.92 Å². The first kappa shape index (κ1) is 9.61. The molecule has 1 aliphatic heterocycles. The molecular weight excluding hydrogens is 178 g/mol. The molecule has 1 atom stereocenters. The van der Waals surface area contributed by atoms with Gasteiger partial charge in [-0.1, -0.05) is 0 Å². The second kappa shape index (κ2) is 4.06. The molecule has 0 spiro atoms. The van der Waals surface area contributed by atoms with Crippen molar-refractivity contribution in [2.24, 2.45) is 18.7 Å². The normalized spacial score (nSPS) is 23.1. The van der Waals surface area contributed by atoms with Crippen LogP contribution < -0.4 is 5.73 Å². The molecule has 0 saturated carbocycles. The van der Waals surface area contributed by atoms with Gasteiger partial charge in [-0.3, -0.25) is 4.90 Å². The van der Waals surface area contributed by atoms with Crippen LogP contribution in [-0.2, 0) is 13.6 Å². The highest BCUT2D eigenvalue weighted by molar-refractivity contribution is 4.87. The van der Waals surface area contributed by atoms with E-state index in [0.29, 0.717) is 5.92 Å². The fourth-order valence-electron chi connectivity index (χ4n) is 1.90. The number of aryl methyl sites for hydroxylation is 1. The lowest BCUT2D eigenvalue weighted by molar-refractivity contribution is 0.306. The number of hydrogen-bond donors (Lipinski definition) is 1. The van der Waals surface area contributed by atoms with Crippen LogP contribution in [-0.4, -0.2) is 39.3 Å². The highest BCUT2D eigenvalue weighted by Crippen LogP contribution is 2.16. The van der Waals surface area contributed by atoms with Gasteiger partial charge in [0, 0.05) is 13.6 Å². The third-order valence-electron chi connectivity index (χ3n) is 2.87. The minimum Gasteiger partial charge on any atom is -0.330 e. The first-order valence-corrected chi connectivity index (χ1v) is 5.05. The van der Waals surface area contributed by atoms with E-state index in [1.807, 2.05) is 11.6 Å². The molecule has 0 bridgehead atoms. The Kier molecular flexibility index (Phi) is 2.79. The second-order valence-corrected chi connectivity index (χ2v) is 3.98. The summed E-state index contributed by atoms with van der Waals surface area (Å²) in [5.74, 6) is 1.70. The third-order valence-corrected chi connectivity index (χ3v) is 2.87. The van der Waals surface area contributed by atoms with Crippen LogP contribution in [0.2, 0.25) is 0 Å². The molecule has 5 nitrogen and oxygen atoms in total. The smallest absolute Gasteiger partial charge is 0.146 e. The summed E-state index contributed by atoms with van der Waals surface area (Å²) < 4.78 is 1.97. The van der Waals surface area contributed by atoms with Gasteiger partial charge in [-0.05, 0) is 25.4 Å². The minimum absolute atomic E-state index is 0.670. The van der Waals surface area contributed by atoms with Gasteiger partial charge in [-0.2, -0.15) is 0 Å². The Morgan fingerprint density at radius 2 is 2.50 bits per heavy atom. The van der Waals surface area contributed by atoms with Gasteiger partial charge in [0.25, 0.3) is 0 Å². The Morgan fingerprint density at radius 3 is 3.07 bits per heavy atom. The van der Waals surface area contributed by atoms with E-state index in [9.17, 15) is 0 Å². The summed E-state index contributed by atoms with van der Waals surface area (Å²) in [5.41, 5.74) is 5.64. The van der Waals surface area contributed by atoms with Crippen LogP contribution in [0.1, 0.15) is 12.2 Å². The Bertz CT molecular complexity index is 295.